The second kappa shape index (κ2) is 5.83. The molecule has 1 fully saturated rings. The van der Waals surface area contributed by atoms with E-state index in [4.69, 9.17) is 4.52 Å². The lowest BCUT2D eigenvalue weighted by molar-refractivity contribution is 0.0725. The van der Waals surface area contributed by atoms with Crippen LogP contribution in [0.1, 0.15) is 72.0 Å². The largest absolute Gasteiger partial charge is 0.361 e. The van der Waals surface area contributed by atoms with E-state index in [0.29, 0.717) is 11.3 Å². The molecule has 0 aliphatic carbocycles. The number of hydrogen-bond acceptors (Lipinski definition) is 4. The second-order valence-electron chi connectivity index (χ2n) is 6.66. The highest BCUT2D eigenvalue weighted by Crippen LogP contribution is 2.34. The Kier molecular flexibility index (Phi) is 4.00. The van der Waals surface area contributed by atoms with Crippen LogP contribution in [0.5, 0.6) is 0 Å². The van der Waals surface area contributed by atoms with Crippen molar-refractivity contribution in [2.24, 2.45) is 7.05 Å². The van der Waals surface area contributed by atoms with Gasteiger partial charge in [-0.3, -0.25) is 4.79 Å². The summed E-state index contributed by atoms with van der Waals surface area (Å²) in [7, 11) is 1.99. The van der Waals surface area contributed by atoms with Crippen LogP contribution in [-0.4, -0.2) is 32.1 Å². The average molecular weight is 316 g/mol. The van der Waals surface area contributed by atoms with E-state index >= 15 is 0 Å². The monoisotopic (exact) mass is 316 g/mol. The van der Waals surface area contributed by atoms with Crippen molar-refractivity contribution in [3.63, 3.8) is 0 Å². The molecule has 0 unspecified atom stereocenters. The highest BCUT2D eigenvalue weighted by molar-refractivity contribution is 5.96. The van der Waals surface area contributed by atoms with Gasteiger partial charge in [-0.25, -0.2) is 4.98 Å². The van der Waals surface area contributed by atoms with Crippen LogP contribution in [0.25, 0.3) is 0 Å². The van der Waals surface area contributed by atoms with Crippen LogP contribution in [0.15, 0.2) is 10.7 Å². The number of amides is 1. The summed E-state index contributed by atoms with van der Waals surface area (Å²) in [5, 5.41) is 4.08. The number of aromatic nitrogens is 3. The molecule has 2 aromatic rings. The third-order valence-corrected chi connectivity index (χ3v) is 4.49. The van der Waals surface area contributed by atoms with Crippen LogP contribution >= 0.6 is 0 Å². The normalized spacial score (nSPS) is 18.2. The van der Waals surface area contributed by atoms with Crippen molar-refractivity contribution >= 4 is 5.91 Å². The fourth-order valence-corrected chi connectivity index (χ4v) is 3.41. The van der Waals surface area contributed by atoms with Crippen molar-refractivity contribution in [1.29, 1.82) is 0 Å². The van der Waals surface area contributed by atoms with Gasteiger partial charge in [0.25, 0.3) is 5.91 Å². The molecule has 2 aromatic heterocycles. The topological polar surface area (TPSA) is 64.2 Å². The number of aryl methyl sites for hydroxylation is 3. The molecule has 1 amide bonds. The quantitative estimate of drug-likeness (QED) is 0.872. The lowest BCUT2D eigenvalue weighted by Crippen LogP contribution is -2.32. The third kappa shape index (κ3) is 2.66. The first-order chi connectivity index (χ1) is 10.9. The predicted molar refractivity (Wildman–Crippen MR) is 86.3 cm³/mol. The Labute approximate surface area is 136 Å². The van der Waals surface area contributed by atoms with Crippen molar-refractivity contribution in [3.05, 3.63) is 34.7 Å². The zero-order chi connectivity index (χ0) is 16.7. The van der Waals surface area contributed by atoms with Gasteiger partial charge >= 0.3 is 0 Å². The molecule has 0 N–H and O–H groups in total. The Hall–Kier alpha value is -2.11. The number of nitrogens with zero attached hydrogens (tertiary/aromatic N) is 4. The average Bonchev–Trinajstić information content (AvgIpc) is 3.16. The molecule has 6 heteroatoms. The second-order valence-corrected chi connectivity index (χ2v) is 6.66. The van der Waals surface area contributed by atoms with Gasteiger partial charge in [0.2, 0.25) is 0 Å². The predicted octanol–water partition coefficient (Wildman–Crippen LogP) is 3.13. The van der Waals surface area contributed by atoms with Gasteiger partial charge in [0.15, 0.2) is 0 Å². The van der Waals surface area contributed by atoms with E-state index in [2.05, 4.69) is 10.1 Å². The molecular formula is C17H24N4O2. The zero-order valence-electron chi connectivity index (χ0n) is 14.5. The molecule has 1 aliphatic rings. The van der Waals surface area contributed by atoms with Crippen LogP contribution in [0.2, 0.25) is 0 Å². The molecule has 3 heterocycles. The molecule has 0 radical (unpaired) electrons. The molecule has 1 aliphatic heterocycles. The molecule has 1 atom stereocenters. The first-order valence-corrected chi connectivity index (χ1v) is 8.17. The van der Waals surface area contributed by atoms with E-state index in [-0.39, 0.29) is 17.9 Å². The van der Waals surface area contributed by atoms with Gasteiger partial charge in [-0.05, 0) is 32.6 Å². The minimum absolute atomic E-state index is 0.00982. The number of rotatable bonds is 3. The van der Waals surface area contributed by atoms with Crippen molar-refractivity contribution < 1.29 is 9.32 Å². The van der Waals surface area contributed by atoms with Crippen LogP contribution in [0.4, 0.5) is 0 Å². The minimum atomic E-state index is 0.00982. The SMILES string of the molecule is Cc1cn(C)c([C@@H]2CCCN2C(=O)c2c(C(C)C)noc2C)n1. The number of imidazole rings is 1. The number of hydrogen-bond donors (Lipinski definition) is 0. The van der Waals surface area contributed by atoms with Crippen LogP contribution in [0.3, 0.4) is 0 Å². The molecule has 3 rings (SSSR count). The maximum absolute atomic E-state index is 13.1. The summed E-state index contributed by atoms with van der Waals surface area (Å²) in [6.45, 7) is 8.58. The molecular weight excluding hydrogens is 292 g/mol. The Bertz CT molecular complexity index is 729. The summed E-state index contributed by atoms with van der Waals surface area (Å²) in [6.07, 6.45) is 3.93. The van der Waals surface area contributed by atoms with Crippen molar-refractivity contribution in [2.45, 2.75) is 52.5 Å². The Balaban J connectivity index is 1.96. The fraction of sp³-hybridized carbons (Fsp3) is 0.588. The molecule has 23 heavy (non-hydrogen) atoms. The molecule has 6 nitrogen and oxygen atoms in total. The number of carbonyl (C=O) groups excluding carboxylic acids is 1. The summed E-state index contributed by atoms with van der Waals surface area (Å²) < 4.78 is 7.31. The number of likely N-dealkylation sites (tertiary alicyclic amines) is 1. The van der Waals surface area contributed by atoms with Gasteiger partial charge < -0.3 is 14.0 Å². The summed E-state index contributed by atoms with van der Waals surface area (Å²) in [6, 6.07) is 0.0236. The van der Waals surface area contributed by atoms with Crippen LogP contribution < -0.4 is 0 Å². The van der Waals surface area contributed by atoms with Gasteiger partial charge in [-0.2, -0.15) is 0 Å². The number of carbonyl (C=O) groups is 1. The van der Waals surface area contributed by atoms with E-state index in [9.17, 15) is 4.79 Å². The first kappa shape index (κ1) is 15.8. The zero-order valence-corrected chi connectivity index (χ0v) is 14.5. The first-order valence-electron chi connectivity index (χ1n) is 8.17. The van der Waals surface area contributed by atoms with E-state index in [1.54, 1.807) is 0 Å². The lowest BCUT2D eigenvalue weighted by Gasteiger charge is -2.24. The molecule has 0 saturated carbocycles. The van der Waals surface area contributed by atoms with E-state index in [0.717, 1.165) is 36.6 Å². The molecule has 0 spiro atoms. The smallest absolute Gasteiger partial charge is 0.260 e. The highest BCUT2D eigenvalue weighted by Gasteiger charge is 2.36. The summed E-state index contributed by atoms with van der Waals surface area (Å²) in [4.78, 5) is 19.7. The minimum Gasteiger partial charge on any atom is -0.361 e. The van der Waals surface area contributed by atoms with Crippen molar-refractivity contribution in [3.8, 4) is 0 Å². The highest BCUT2D eigenvalue weighted by atomic mass is 16.5. The maximum atomic E-state index is 13.1. The van der Waals surface area contributed by atoms with Crippen LogP contribution in [-0.2, 0) is 7.05 Å². The Morgan fingerprint density at radius 1 is 1.39 bits per heavy atom. The summed E-state index contributed by atoms with van der Waals surface area (Å²) in [5.41, 5.74) is 2.35. The summed E-state index contributed by atoms with van der Waals surface area (Å²) in [5.74, 6) is 1.72. The fourth-order valence-electron chi connectivity index (χ4n) is 3.41. The Morgan fingerprint density at radius 3 is 2.74 bits per heavy atom. The van der Waals surface area contributed by atoms with Gasteiger partial charge in [-0.15, -0.1) is 0 Å². The van der Waals surface area contributed by atoms with Gasteiger partial charge in [0.1, 0.15) is 17.1 Å². The molecule has 0 aromatic carbocycles. The van der Waals surface area contributed by atoms with E-state index < -0.39 is 0 Å². The van der Waals surface area contributed by atoms with Gasteiger partial charge in [0, 0.05) is 19.8 Å². The third-order valence-electron chi connectivity index (χ3n) is 4.49. The Morgan fingerprint density at radius 2 is 2.13 bits per heavy atom. The molecule has 0 bridgehead atoms. The van der Waals surface area contributed by atoms with Crippen LogP contribution in [0, 0.1) is 13.8 Å². The maximum Gasteiger partial charge on any atom is 0.260 e. The van der Waals surface area contributed by atoms with E-state index in [1.165, 1.54) is 0 Å². The van der Waals surface area contributed by atoms with Gasteiger partial charge in [0.05, 0.1) is 17.4 Å². The molecule has 124 valence electrons. The van der Waals surface area contributed by atoms with Gasteiger partial charge in [-0.1, -0.05) is 19.0 Å². The lowest BCUT2D eigenvalue weighted by atomic mass is 10.0. The van der Waals surface area contributed by atoms with Crippen molar-refractivity contribution in [2.75, 3.05) is 6.54 Å². The van der Waals surface area contributed by atoms with E-state index in [1.807, 2.05) is 50.4 Å². The van der Waals surface area contributed by atoms with Crippen molar-refractivity contribution in [1.82, 2.24) is 19.6 Å². The molecule has 1 saturated heterocycles. The summed E-state index contributed by atoms with van der Waals surface area (Å²) >= 11 is 0. The standard InChI is InChI=1S/C17H24N4O2/c1-10(2)15-14(12(4)23-19-15)17(22)21-8-6-7-13(21)16-18-11(3)9-20(16)5/h9-10,13H,6-8H2,1-5H3/t13-/m0/s1.